The summed E-state index contributed by atoms with van der Waals surface area (Å²) in [4.78, 5) is 12.3. The molecular weight excluding hydrogens is 404 g/mol. The average molecular weight is 419 g/mol. The molecule has 0 aliphatic carbocycles. The van der Waals surface area contributed by atoms with E-state index in [0.717, 1.165) is 43.6 Å². The Morgan fingerprint density at radius 1 is 1.28 bits per heavy atom. The standard InChI is InChI=1S/C17H14BrClN6/c1-8-23-15-9(6-25(8)2)3-13-16(22-7-21-13)17(15)24-10-4-11(18)14(20)12(19)5-10/h3-7,24H,20H2,1-2H3/p+1. The summed E-state index contributed by atoms with van der Waals surface area (Å²) in [6.45, 7) is 1.97. The number of H-pyrrole nitrogens is 1. The van der Waals surface area contributed by atoms with Crippen molar-refractivity contribution in [3.8, 4) is 0 Å². The highest BCUT2D eigenvalue weighted by Gasteiger charge is 2.18. The molecule has 126 valence electrons. The van der Waals surface area contributed by atoms with Crippen molar-refractivity contribution in [3.05, 3.63) is 46.0 Å². The van der Waals surface area contributed by atoms with Gasteiger partial charge in [-0.1, -0.05) is 11.6 Å². The van der Waals surface area contributed by atoms with Crippen molar-refractivity contribution >= 4 is 66.5 Å². The number of hydrogen-bond acceptors (Lipinski definition) is 4. The van der Waals surface area contributed by atoms with E-state index in [9.17, 15) is 0 Å². The number of nitrogen functional groups attached to an aromatic ring is 1. The van der Waals surface area contributed by atoms with E-state index in [4.69, 9.17) is 22.3 Å². The first-order valence-electron chi connectivity index (χ1n) is 7.58. The van der Waals surface area contributed by atoms with Gasteiger partial charge < -0.3 is 16.0 Å². The summed E-state index contributed by atoms with van der Waals surface area (Å²) in [5, 5.41) is 4.89. The molecule has 0 aliphatic rings. The van der Waals surface area contributed by atoms with E-state index < -0.39 is 0 Å². The molecule has 0 fully saturated rings. The predicted octanol–water partition coefficient (Wildman–Crippen LogP) is 3.99. The van der Waals surface area contributed by atoms with Crippen LogP contribution in [-0.2, 0) is 7.05 Å². The van der Waals surface area contributed by atoms with Gasteiger partial charge in [-0.25, -0.2) is 9.55 Å². The zero-order valence-corrected chi connectivity index (χ0v) is 15.9. The van der Waals surface area contributed by atoms with Crippen molar-refractivity contribution in [1.82, 2.24) is 15.0 Å². The van der Waals surface area contributed by atoms with Gasteiger partial charge in [-0.05, 0) is 39.1 Å². The van der Waals surface area contributed by atoms with Gasteiger partial charge in [-0.3, -0.25) is 0 Å². The summed E-state index contributed by atoms with van der Waals surface area (Å²) in [6, 6.07) is 5.71. The molecule has 6 nitrogen and oxygen atoms in total. The number of rotatable bonds is 2. The van der Waals surface area contributed by atoms with Crippen LogP contribution in [0.3, 0.4) is 0 Å². The summed E-state index contributed by atoms with van der Waals surface area (Å²) < 4.78 is 2.72. The number of nitrogens with zero attached hydrogens (tertiary/aromatic N) is 3. The van der Waals surface area contributed by atoms with E-state index >= 15 is 0 Å². The average Bonchev–Trinajstić information content (AvgIpc) is 3.02. The van der Waals surface area contributed by atoms with E-state index in [1.54, 1.807) is 12.4 Å². The molecule has 4 N–H and O–H groups in total. The maximum absolute atomic E-state index is 6.21. The molecule has 0 amide bonds. The zero-order chi connectivity index (χ0) is 17.7. The quantitative estimate of drug-likeness (QED) is 0.339. The van der Waals surface area contributed by atoms with Crippen molar-refractivity contribution in [1.29, 1.82) is 0 Å². The molecule has 25 heavy (non-hydrogen) atoms. The fourth-order valence-corrected chi connectivity index (χ4v) is 3.57. The van der Waals surface area contributed by atoms with Crippen LogP contribution in [0, 0.1) is 6.92 Å². The normalized spacial score (nSPS) is 11.4. The lowest BCUT2D eigenvalue weighted by atomic mass is 10.1. The number of halogens is 2. The number of aryl methyl sites for hydroxylation is 2. The number of aromatic amines is 1. The Hall–Kier alpha value is -2.38. The molecule has 2 aromatic heterocycles. The number of fused-ring (bicyclic) bond motifs is 2. The third-order valence-corrected chi connectivity index (χ3v) is 5.15. The third kappa shape index (κ3) is 2.69. The van der Waals surface area contributed by atoms with E-state index in [1.165, 1.54) is 0 Å². The highest BCUT2D eigenvalue weighted by molar-refractivity contribution is 9.10. The molecular formula is C17H15BrClN6+. The Bertz CT molecular complexity index is 1110. The molecule has 4 rings (SSSR count). The number of nitrogens with one attached hydrogen (secondary N) is 2. The molecule has 0 saturated carbocycles. The van der Waals surface area contributed by atoms with Gasteiger partial charge in [0.2, 0.25) is 5.52 Å². The first-order valence-corrected chi connectivity index (χ1v) is 8.76. The van der Waals surface area contributed by atoms with Gasteiger partial charge in [0, 0.05) is 17.1 Å². The van der Waals surface area contributed by atoms with Crippen LogP contribution in [0.2, 0.25) is 5.02 Å². The second-order valence-corrected chi connectivity index (χ2v) is 7.13. The lowest BCUT2D eigenvalue weighted by molar-refractivity contribution is -0.679. The Kier molecular flexibility index (Phi) is 3.77. The predicted molar refractivity (Wildman–Crippen MR) is 104 cm³/mol. The third-order valence-electron chi connectivity index (χ3n) is 4.18. The van der Waals surface area contributed by atoms with Gasteiger partial charge in [-0.15, -0.1) is 0 Å². The van der Waals surface area contributed by atoms with Gasteiger partial charge in [-0.2, -0.15) is 0 Å². The van der Waals surface area contributed by atoms with E-state index in [-0.39, 0.29) is 0 Å². The van der Waals surface area contributed by atoms with Crippen LogP contribution in [0.4, 0.5) is 17.1 Å². The minimum absolute atomic E-state index is 0.478. The Morgan fingerprint density at radius 3 is 2.84 bits per heavy atom. The molecule has 0 unspecified atom stereocenters. The van der Waals surface area contributed by atoms with Gasteiger partial charge in [0.25, 0.3) is 5.82 Å². The SMILES string of the molecule is Cc1nc2c(Nc3cc(Cl)c(N)c(Br)c3)c3nc[nH]c3cc2c[n+]1C. The van der Waals surface area contributed by atoms with E-state index in [0.29, 0.717) is 10.7 Å². The Labute approximate surface area is 157 Å². The van der Waals surface area contributed by atoms with E-state index in [1.807, 2.05) is 30.7 Å². The molecule has 0 spiro atoms. The van der Waals surface area contributed by atoms with Gasteiger partial charge >= 0.3 is 0 Å². The summed E-state index contributed by atoms with van der Waals surface area (Å²) in [7, 11) is 1.98. The second-order valence-electron chi connectivity index (χ2n) is 5.87. The van der Waals surface area contributed by atoms with Crippen molar-refractivity contribution in [3.63, 3.8) is 0 Å². The first-order chi connectivity index (χ1) is 11.9. The second kappa shape index (κ2) is 5.86. The lowest BCUT2D eigenvalue weighted by Crippen LogP contribution is -2.32. The minimum Gasteiger partial charge on any atom is -0.397 e. The molecule has 2 aromatic carbocycles. The van der Waals surface area contributed by atoms with Crippen LogP contribution in [0.5, 0.6) is 0 Å². The maximum Gasteiger partial charge on any atom is 0.295 e. The van der Waals surface area contributed by atoms with Crippen LogP contribution >= 0.6 is 27.5 Å². The molecule has 0 saturated heterocycles. The molecule has 0 radical (unpaired) electrons. The van der Waals surface area contributed by atoms with Gasteiger partial charge in [0.05, 0.1) is 35.0 Å². The smallest absolute Gasteiger partial charge is 0.295 e. The first kappa shape index (κ1) is 16.1. The number of anilines is 3. The molecule has 8 heteroatoms. The molecule has 0 aliphatic heterocycles. The van der Waals surface area contributed by atoms with Crippen LogP contribution in [0.15, 0.2) is 35.2 Å². The molecule has 4 aromatic rings. The number of hydrogen-bond donors (Lipinski definition) is 3. The van der Waals surface area contributed by atoms with Crippen LogP contribution in [-0.4, -0.2) is 15.0 Å². The lowest BCUT2D eigenvalue weighted by Gasteiger charge is -2.11. The topological polar surface area (TPSA) is 83.5 Å². The number of nitrogens with two attached hydrogens (primary N) is 1. The van der Waals surface area contributed by atoms with Crippen molar-refractivity contribution in [2.75, 3.05) is 11.1 Å². The van der Waals surface area contributed by atoms with Crippen molar-refractivity contribution in [2.24, 2.45) is 7.05 Å². The molecule has 0 bridgehead atoms. The highest BCUT2D eigenvalue weighted by Crippen LogP contribution is 2.36. The number of benzene rings is 2. The van der Waals surface area contributed by atoms with Crippen LogP contribution < -0.4 is 15.6 Å². The van der Waals surface area contributed by atoms with Gasteiger partial charge in [0.1, 0.15) is 17.4 Å². The Balaban J connectivity index is 1.98. The van der Waals surface area contributed by atoms with Crippen LogP contribution in [0.25, 0.3) is 21.9 Å². The summed E-state index contributed by atoms with van der Waals surface area (Å²) in [6.07, 6.45) is 3.72. The Morgan fingerprint density at radius 2 is 2.08 bits per heavy atom. The largest absolute Gasteiger partial charge is 0.397 e. The van der Waals surface area contributed by atoms with Crippen LogP contribution in [0.1, 0.15) is 5.82 Å². The fourth-order valence-electron chi connectivity index (χ4n) is 2.77. The van der Waals surface area contributed by atoms with Gasteiger partial charge in [0.15, 0.2) is 0 Å². The molecule has 0 atom stereocenters. The monoisotopic (exact) mass is 417 g/mol. The molecule has 2 heterocycles. The summed E-state index contributed by atoms with van der Waals surface area (Å²) >= 11 is 9.64. The van der Waals surface area contributed by atoms with Crippen molar-refractivity contribution in [2.45, 2.75) is 6.92 Å². The maximum atomic E-state index is 6.21. The summed E-state index contributed by atoms with van der Waals surface area (Å²) in [5.41, 5.74) is 10.6. The fraction of sp³-hybridized carbons (Fsp3) is 0.118. The summed E-state index contributed by atoms with van der Waals surface area (Å²) in [5.74, 6) is 0.905. The van der Waals surface area contributed by atoms with E-state index in [2.05, 4.69) is 37.4 Å². The van der Waals surface area contributed by atoms with Crippen molar-refractivity contribution < 1.29 is 4.57 Å². The number of imidazole rings is 1. The zero-order valence-electron chi connectivity index (χ0n) is 13.6. The minimum atomic E-state index is 0.478. The highest BCUT2D eigenvalue weighted by atomic mass is 79.9. The number of aromatic nitrogens is 4.